The van der Waals surface area contributed by atoms with Crippen LogP contribution in [-0.4, -0.2) is 4.98 Å². The van der Waals surface area contributed by atoms with Crippen molar-refractivity contribution in [3.05, 3.63) is 50.4 Å². The highest BCUT2D eigenvalue weighted by molar-refractivity contribution is 9.10. The molecule has 2 nitrogen and oxygen atoms in total. The summed E-state index contributed by atoms with van der Waals surface area (Å²) in [5.74, 6) is 0. The van der Waals surface area contributed by atoms with E-state index in [1.807, 2.05) is 5.51 Å². The van der Waals surface area contributed by atoms with Gasteiger partial charge in [-0.05, 0) is 38.0 Å². The van der Waals surface area contributed by atoms with Crippen molar-refractivity contribution < 1.29 is 0 Å². The number of nitrogens with zero attached hydrogens (tertiary/aromatic N) is 1. The number of aryl methyl sites for hydroxylation is 1. The van der Waals surface area contributed by atoms with Crippen LogP contribution in [-0.2, 0) is 12.1 Å². The Hall–Kier alpha value is -0.710. The van der Waals surface area contributed by atoms with E-state index in [1.54, 1.807) is 11.3 Å². The lowest BCUT2D eigenvalue weighted by atomic mass is 9.93. The molecule has 18 heavy (non-hydrogen) atoms. The molecule has 1 aromatic heterocycles. The Morgan fingerprint density at radius 2 is 2.17 bits per heavy atom. The Kier molecular flexibility index (Phi) is 4.20. The molecule has 2 aromatic rings. The third kappa shape index (κ3) is 3.19. The molecule has 1 N–H and O–H groups in total. The third-order valence-electron chi connectivity index (χ3n) is 3.07. The first-order valence-corrected chi connectivity index (χ1v) is 7.61. The first-order valence-electron chi connectivity index (χ1n) is 5.88. The molecule has 4 heteroatoms. The Labute approximate surface area is 121 Å². The van der Waals surface area contributed by atoms with Crippen molar-refractivity contribution in [3.8, 4) is 0 Å². The van der Waals surface area contributed by atoms with Gasteiger partial charge in [0.2, 0.25) is 0 Å². The van der Waals surface area contributed by atoms with E-state index in [1.165, 1.54) is 11.1 Å². The van der Waals surface area contributed by atoms with Gasteiger partial charge in [-0.2, -0.15) is 0 Å². The standard InChI is InChI=1S/C14H17BrN2S/c1-10-6-11(4-5-13(10)15)14(2,3)17-7-12-8-18-9-16-12/h4-6,8-9,17H,7H2,1-3H3. The van der Waals surface area contributed by atoms with Crippen LogP contribution in [0.3, 0.4) is 0 Å². The zero-order chi connectivity index (χ0) is 13.2. The summed E-state index contributed by atoms with van der Waals surface area (Å²) in [4.78, 5) is 4.29. The summed E-state index contributed by atoms with van der Waals surface area (Å²) >= 11 is 5.17. The Balaban J connectivity index is 2.11. The topological polar surface area (TPSA) is 24.9 Å². The zero-order valence-corrected chi connectivity index (χ0v) is 13.2. The average Bonchev–Trinajstić information content (AvgIpc) is 2.83. The number of benzene rings is 1. The molecule has 1 heterocycles. The van der Waals surface area contributed by atoms with Gasteiger partial charge < -0.3 is 5.32 Å². The van der Waals surface area contributed by atoms with Gasteiger partial charge in [-0.15, -0.1) is 11.3 Å². The van der Waals surface area contributed by atoms with E-state index in [0.29, 0.717) is 0 Å². The van der Waals surface area contributed by atoms with E-state index in [-0.39, 0.29) is 5.54 Å². The highest BCUT2D eigenvalue weighted by atomic mass is 79.9. The Bertz CT molecular complexity index is 521. The summed E-state index contributed by atoms with van der Waals surface area (Å²) in [5.41, 5.74) is 5.46. The highest BCUT2D eigenvalue weighted by Crippen LogP contribution is 2.25. The predicted octanol–water partition coefficient (Wildman–Crippen LogP) is 4.24. The summed E-state index contributed by atoms with van der Waals surface area (Å²) in [5, 5.41) is 5.63. The predicted molar refractivity (Wildman–Crippen MR) is 80.9 cm³/mol. The number of hydrogen-bond acceptors (Lipinski definition) is 3. The molecule has 0 aliphatic carbocycles. The third-order valence-corrected chi connectivity index (χ3v) is 4.60. The molecule has 0 bridgehead atoms. The largest absolute Gasteiger partial charge is 0.302 e. The fourth-order valence-corrected chi connectivity index (χ4v) is 2.58. The van der Waals surface area contributed by atoms with Crippen molar-refractivity contribution in [3.63, 3.8) is 0 Å². The highest BCUT2D eigenvalue weighted by Gasteiger charge is 2.20. The quantitative estimate of drug-likeness (QED) is 0.909. The van der Waals surface area contributed by atoms with Gasteiger partial charge >= 0.3 is 0 Å². The molecule has 0 saturated carbocycles. The first-order chi connectivity index (χ1) is 8.49. The second-order valence-electron chi connectivity index (χ2n) is 4.92. The van der Waals surface area contributed by atoms with Gasteiger partial charge in [-0.25, -0.2) is 4.98 Å². The molecule has 0 unspecified atom stereocenters. The van der Waals surface area contributed by atoms with Gasteiger partial charge in [0, 0.05) is 21.9 Å². The van der Waals surface area contributed by atoms with Crippen LogP contribution in [0.2, 0.25) is 0 Å². The minimum Gasteiger partial charge on any atom is -0.302 e. The van der Waals surface area contributed by atoms with Crippen LogP contribution < -0.4 is 5.32 Å². The van der Waals surface area contributed by atoms with Gasteiger partial charge in [0.1, 0.15) is 0 Å². The molecule has 96 valence electrons. The van der Waals surface area contributed by atoms with Crippen LogP contribution in [0.15, 0.2) is 33.6 Å². The van der Waals surface area contributed by atoms with Crippen LogP contribution in [0.1, 0.15) is 30.7 Å². The maximum Gasteiger partial charge on any atom is 0.0795 e. The molecule has 2 rings (SSSR count). The zero-order valence-electron chi connectivity index (χ0n) is 10.8. The van der Waals surface area contributed by atoms with Gasteiger partial charge in [-0.3, -0.25) is 0 Å². The molecule has 0 radical (unpaired) electrons. The van der Waals surface area contributed by atoms with Crippen molar-refractivity contribution in [2.75, 3.05) is 0 Å². The monoisotopic (exact) mass is 324 g/mol. The van der Waals surface area contributed by atoms with Crippen LogP contribution in [0, 0.1) is 6.92 Å². The first kappa shape index (κ1) is 13.7. The summed E-state index contributed by atoms with van der Waals surface area (Å²) in [7, 11) is 0. The average molecular weight is 325 g/mol. The molecule has 0 aliphatic rings. The minimum absolute atomic E-state index is 0.0604. The molecule has 0 fully saturated rings. The minimum atomic E-state index is -0.0604. The van der Waals surface area contributed by atoms with Crippen molar-refractivity contribution in [1.82, 2.24) is 10.3 Å². The lowest BCUT2D eigenvalue weighted by Crippen LogP contribution is -2.36. The van der Waals surface area contributed by atoms with Crippen molar-refractivity contribution in [2.45, 2.75) is 32.9 Å². The van der Waals surface area contributed by atoms with E-state index < -0.39 is 0 Å². The van der Waals surface area contributed by atoms with Crippen molar-refractivity contribution >= 4 is 27.3 Å². The van der Waals surface area contributed by atoms with Gasteiger partial charge in [0.05, 0.1) is 11.2 Å². The molecule has 0 amide bonds. The Morgan fingerprint density at radius 1 is 1.39 bits per heavy atom. The number of nitrogens with one attached hydrogen (secondary N) is 1. The van der Waals surface area contributed by atoms with E-state index in [9.17, 15) is 0 Å². The second kappa shape index (κ2) is 5.51. The molecular formula is C14H17BrN2S. The number of thiazole rings is 1. The number of aromatic nitrogens is 1. The van der Waals surface area contributed by atoms with Crippen LogP contribution in [0.4, 0.5) is 0 Å². The van der Waals surface area contributed by atoms with Gasteiger partial charge in [-0.1, -0.05) is 28.1 Å². The summed E-state index contributed by atoms with van der Waals surface area (Å²) in [6.45, 7) is 7.31. The molecule has 1 aromatic carbocycles. The summed E-state index contributed by atoms with van der Waals surface area (Å²) in [6.07, 6.45) is 0. The Morgan fingerprint density at radius 3 is 2.78 bits per heavy atom. The maximum atomic E-state index is 4.29. The van der Waals surface area contributed by atoms with E-state index >= 15 is 0 Å². The van der Waals surface area contributed by atoms with Crippen molar-refractivity contribution in [2.24, 2.45) is 0 Å². The SMILES string of the molecule is Cc1cc(C(C)(C)NCc2cscn2)ccc1Br. The van der Waals surface area contributed by atoms with Crippen LogP contribution >= 0.6 is 27.3 Å². The van der Waals surface area contributed by atoms with E-state index in [2.05, 4.69) is 70.6 Å². The molecule has 0 saturated heterocycles. The number of halogens is 1. The lowest BCUT2D eigenvalue weighted by molar-refractivity contribution is 0.398. The molecule has 0 spiro atoms. The van der Waals surface area contributed by atoms with Gasteiger partial charge in [0.25, 0.3) is 0 Å². The van der Waals surface area contributed by atoms with Crippen LogP contribution in [0.5, 0.6) is 0 Å². The maximum absolute atomic E-state index is 4.29. The molecular weight excluding hydrogens is 308 g/mol. The molecule has 0 atom stereocenters. The smallest absolute Gasteiger partial charge is 0.0795 e. The van der Waals surface area contributed by atoms with Crippen LogP contribution in [0.25, 0.3) is 0 Å². The van der Waals surface area contributed by atoms with E-state index in [0.717, 1.165) is 16.7 Å². The molecule has 0 aliphatic heterocycles. The summed E-state index contributed by atoms with van der Waals surface area (Å²) in [6, 6.07) is 6.49. The van der Waals surface area contributed by atoms with Crippen molar-refractivity contribution in [1.29, 1.82) is 0 Å². The summed E-state index contributed by atoms with van der Waals surface area (Å²) < 4.78 is 1.15. The number of rotatable bonds is 4. The number of hydrogen-bond donors (Lipinski definition) is 1. The lowest BCUT2D eigenvalue weighted by Gasteiger charge is -2.27. The van der Waals surface area contributed by atoms with E-state index in [4.69, 9.17) is 0 Å². The second-order valence-corrected chi connectivity index (χ2v) is 6.50. The fraction of sp³-hybridized carbons (Fsp3) is 0.357. The normalized spacial score (nSPS) is 11.8. The fourth-order valence-electron chi connectivity index (χ4n) is 1.77. The van der Waals surface area contributed by atoms with Gasteiger partial charge in [0.15, 0.2) is 0 Å².